The van der Waals surface area contributed by atoms with Gasteiger partial charge in [-0.2, -0.15) is 0 Å². The number of benzene rings is 2. The van der Waals surface area contributed by atoms with Gasteiger partial charge in [0, 0.05) is 23.8 Å². The van der Waals surface area contributed by atoms with Crippen LogP contribution in [0.1, 0.15) is 12.5 Å². The molecule has 1 heterocycles. The number of rotatable bonds is 3. The number of anilines is 2. The van der Waals surface area contributed by atoms with Crippen LogP contribution >= 0.6 is 0 Å². The van der Waals surface area contributed by atoms with E-state index in [0.717, 1.165) is 12.4 Å². The molecular formula is C18H18N2. The van der Waals surface area contributed by atoms with E-state index in [9.17, 15) is 0 Å². The molecule has 0 aliphatic carbocycles. The van der Waals surface area contributed by atoms with Gasteiger partial charge in [-0.25, -0.2) is 4.98 Å². The molecule has 0 saturated carbocycles. The van der Waals surface area contributed by atoms with Crippen molar-refractivity contribution in [2.24, 2.45) is 0 Å². The van der Waals surface area contributed by atoms with Gasteiger partial charge in [-0.05, 0) is 43.0 Å². The third-order valence-corrected chi connectivity index (χ3v) is 3.54. The molecule has 100 valence electrons. The Bertz CT molecular complexity index is 729. The summed E-state index contributed by atoms with van der Waals surface area (Å²) >= 11 is 0. The van der Waals surface area contributed by atoms with Crippen molar-refractivity contribution in [3.05, 3.63) is 66.4 Å². The fourth-order valence-electron chi connectivity index (χ4n) is 2.57. The van der Waals surface area contributed by atoms with E-state index in [1.165, 1.54) is 22.0 Å². The van der Waals surface area contributed by atoms with Crippen LogP contribution in [0.4, 0.5) is 11.5 Å². The van der Waals surface area contributed by atoms with Crippen LogP contribution < -0.4 is 4.90 Å². The van der Waals surface area contributed by atoms with Crippen LogP contribution in [-0.4, -0.2) is 11.5 Å². The molecule has 0 aliphatic rings. The van der Waals surface area contributed by atoms with Crippen LogP contribution in [0, 0.1) is 6.92 Å². The summed E-state index contributed by atoms with van der Waals surface area (Å²) in [5.41, 5.74) is 2.46. The molecule has 1 aromatic heterocycles. The second-order valence-corrected chi connectivity index (χ2v) is 4.94. The van der Waals surface area contributed by atoms with Gasteiger partial charge in [-0.3, -0.25) is 0 Å². The Balaban J connectivity index is 2.17. The van der Waals surface area contributed by atoms with Crippen molar-refractivity contribution in [2.45, 2.75) is 13.8 Å². The minimum atomic E-state index is 0.893. The SMILES string of the molecule is CCN(c1cccc(C)c1)c1nccc2ccccc12. The molecule has 0 radical (unpaired) electrons. The summed E-state index contributed by atoms with van der Waals surface area (Å²) in [7, 11) is 0. The van der Waals surface area contributed by atoms with Crippen LogP contribution in [-0.2, 0) is 0 Å². The maximum atomic E-state index is 4.61. The van der Waals surface area contributed by atoms with Crippen LogP contribution in [0.2, 0.25) is 0 Å². The highest BCUT2D eigenvalue weighted by Gasteiger charge is 2.11. The minimum absolute atomic E-state index is 0.893. The van der Waals surface area contributed by atoms with Gasteiger partial charge in [-0.1, -0.05) is 36.4 Å². The highest BCUT2D eigenvalue weighted by atomic mass is 15.2. The molecule has 0 bridgehead atoms. The Kier molecular flexibility index (Phi) is 3.38. The molecule has 20 heavy (non-hydrogen) atoms. The molecule has 0 aliphatic heterocycles. The first kappa shape index (κ1) is 12.7. The first-order valence-corrected chi connectivity index (χ1v) is 6.97. The zero-order valence-electron chi connectivity index (χ0n) is 11.9. The van der Waals surface area contributed by atoms with Crippen molar-refractivity contribution < 1.29 is 0 Å². The molecule has 0 atom stereocenters. The Morgan fingerprint density at radius 2 is 1.85 bits per heavy atom. The number of pyridine rings is 1. The summed E-state index contributed by atoms with van der Waals surface area (Å²) < 4.78 is 0. The van der Waals surface area contributed by atoms with E-state index in [1.54, 1.807) is 0 Å². The molecule has 2 nitrogen and oxygen atoms in total. The van der Waals surface area contributed by atoms with Gasteiger partial charge in [-0.15, -0.1) is 0 Å². The molecular weight excluding hydrogens is 244 g/mol. The smallest absolute Gasteiger partial charge is 0.140 e. The normalized spacial score (nSPS) is 10.7. The molecule has 0 N–H and O–H groups in total. The average Bonchev–Trinajstić information content (AvgIpc) is 2.48. The maximum absolute atomic E-state index is 4.61. The van der Waals surface area contributed by atoms with Crippen LogP contribution in [0.15, 0.2) is 60.8 Å². The lowest BCUT2D eigenvalue weighted by Gasteiger charge is -2.24. The molecule has 0 fully saturated rings. The van der Waals surface area contributed by atoms with Crippen molar-refractivity contribution in [1.82, 2.24) is 4.98 Å². The van der Waals surface area contributed by atoms with E-state index < -0.39 is 0 Å². The van der Waals surface area contributed by atoms with Gasteiger partial charge in [0.15, 0.2) is 0 Å². The first-order chi connectivity index (χ1) is 9.79. The molecule has 0 spiro atoms. The minimum Gasteiger partial charge on any atom is -0.326 e. The third kappa shape index (κ3) is 2.25. The Labute approximate surface area is 119 Å². The molecule has 0 unspecified atom stereocenters. The lowest BCUT2D eigenvalue weighted by molar-refractivity contribution is 0.997. The lowest BCUT2D eigenvalue weighted by Crippen LogP contribution is -2.17. The van der Waals surface area contributed by atoms with E-state index in [1.807, 2.05) is 6.20 Å². The molecule has 3 rings (SSSR count). The standard InChI is InChI=1S/C18H18N2/c1-3-20(16-9-6-7-14(2)13-16)18-17-10-5-4-8-15(17)11-12-19-18/h4-13H,3H2,1-2H3. The van der Waals surface area contributed by atoms with Crippen molar-refractivity contribution in [1.29, 1.82) is 0 Å². The second-order valence-electron chi connectivity index (χ2n) is 4.94. The van der Waals surface area contributed by atoms with E-state index in [2.05, 4.69) is 78.3 Å². The van der Waals surface area contributed by atoms with E-state index in [0.29, 0.717) is 0 Å². The van der Waals surface area contributed by atoms with Crippen molar-refractivity contribution in [2.75, 3.05) is 11.4 Å². The van der Waals surface area contributed by atoms with Gasteiger partial charge in [0.25, 0.3) is 0 Å². The Morgan fingerprint density at radius 1 is 1.00 bits per heavy atom. The summed E-state index contributed by atoms with van der Waals surface area (Å²) in [5, 5.41) is 2.42. The fraction of sp³-hybridized carbons (Fsp3) is 0.167. The number of fused-ring (bicyclic) bond motifs is 1. The van der Waals surface area contributed by atoms with Gasteiger partial charge in [0.05, 0.1) is 0 Å². The fourth-order valence-corrected chi connectivity index (χ4v) is 2.57. The van der Waals surface area contributed by atoms with Crippen LogP contribution in [0.3, 0.4) is 0 Å². The topological polar surface area (TPSA) is 16.1 Å². The zero-order valence-corrected chi connectivity index (χ0v) is 11.9. The van der Waals surface area contributed by atoms with Crippen molar-refractivity contribution in [3.63, 3.8) is 0 Å². The largest absolute Gasteiger partial charge is 0.326 e. The van der Waals surface area contributed by atoms with E-state index in [4.69, 9.17) is 0 Å². The van der Waals surface area contributed by atoms with Crippen LogP contribution in [0.5, 0.6) is 0 Å². The molecule has 0 amide bonds. The second kappa shape index (κ2) is 5.33. The quantitative estimate of drug-likeness (QED) is 0.680. The highest BCUT2D eigenvalue weighted by molar-refractivity contribution is 5.93. The van der Waals surface area contributed by atoms with Crippen molar-refractivity contribution in [3.8, 4) is 0 Å². The summed E-state index contributed by atoms with van der Waals surface area (Å²) in [6.07, 6.45) is 1.89. The average molecular weight is 262 g/mol. The Morgan fingerprint density at radius 3 is 2.65 bits per heavy atom. The van der Waals surface area contributed by atoms with Gasteiger partial charge < -0.3 is 4.90 Å². The van der Waals surface area contributed by atoms with E-state index >= 15 is 0 Å². The molecule has 0 saturated heterocycles. The highest BCUT2D eigenvalue weighted by Crippen LogP contribution is 2.30. The molecule has 3 aromatic rings. The number of hydrogen-bond acceptors (Lipinski definition) is 2. The summed E-state index contributed by atoms with van der Waals surface area (Å²) in [5.74, 6) is 1.02. The van der Waals surface area contributed by atoms with Gasteiger partial charge in [0.1, 0.15) is 5.82 Å². The third-order valence-electron chi connectivity index (χ3n) is 3.54. The zero-order chi connectivity index (χ0) is 13.9. The summed E-state index contributed by atoms with van der Waals surface area (Å²) in [6.45, 7) is 5.17. The number of aromatic nitrogens is 1. The number of aryl methyl sites for hydroxylation is 1. The first-order valence-electron chi connectivity index (χ1n) is 6.97. The van der Waals surface area contributed by atoms with Crippen LogP contribution in [0.25, 0.3) is 10.8 Å². The summed E-state index contributed by atoms with van der Waals surface area (Å²) in [4.78, 5) is 6.87. The number of nitrogens with zero attached hydrogens (tertiary/aromatic N) is 2. The predicted molar refractivity (Wildman–Crippen MR) is 85.6 cm³/mol. The summed E-state index contributed by atoms with van der Waals surface area (Å²) in [6, 6.07) is 19.0. The maximum Gasteiger partial charge on any atom is 0.140 e. The molecule has 2 heteroatoms. The lowest BCUT2D eigenvalue weighted by atomic mass is 10.1. The van der Waals surface area contributed by atoms with Crippen molar-refractivity contribution >= 4 is 22.3 Å². The monoisotopic (exact) mass is 262 g/mol. The molecule has 2 aromatic carbocycles. The predicted octanol–water partition coefficient (Wildman–Crippen LogP) is 4.70. The van der Waals surface area contributed by atoms with Gasteiger partial charge >= 0.3 is 0 Å². The number of hydrogen-bond donors (Lipinski definition) is 0. The van der Waals surface area contributed by atoms with Gasteiger partial charge in [0.2, 0.25) is 0 Å². The Hall–Kier alpha value is -2.35. The van der Waals surface area contributed by atoms with E-state index in [-0.39, 0.29) is 0 Å².